The van der Waals surface area contributed by atoms with Crippen molar-refractivity contribution < 1.29 is 28.6 Å². The number of esters is 3. The third kappa shape index (κ3) is 48.7. The zero-order valence-corrected chi connectivity index (χ0v) is 41.4. The summed E-state index contributed by atoms with van der Waals surface area (Å²) in [6, 6.07) is 0. The molecule has 0 amide bonds. The molecule has 0 aliphatic carbocycles. The van der Waals surface area contributed by atoms with Crippen LogP contribution in [0.5, 0.6) is 0 Å². The number of unbranched alkanes of at least 4 members (excludes halogenated alkanes) is 32. The number of carbonyl (C=O) groups is 3. The number of hydrogen-bond donors (Lipinski definition) is 0. The normalized spacial score (nSPS) is 12.2. The van der Waals surface area contributed by atoms with Gasteiger partial charge in [-0.15, -0.1) is 0 Å². The molecule has 0 heterocycles. The van der Waals surface area contributed by atoms with E-state index in [9.17, 15) is 14.4 Å². The first kappa shape index (κ1) is 59.6. The number of hydrogen-bond acceptors (Lipinski definition) is 6. The smallest absolute Gasteiger partial charge is 0.306 e. The van der Waals surface area contributed by atoms with E-state index < -0.39 is 6.10 Å². The average molecular weight is 871 g/mol. The van der Waals surface area contributed by atoms with Crippen LogP contribution in [0.25, 0.3) is 0 Å². The minimum Gasteiger partial charge on any atom is -0.462 e. The van der Waals surface area contributed by atoms with E-state index in [1.165, 1.54) is 186 Å². The van der Waals surface area contributed by atoms with Crippen molar-refractivity contribution in [2.75, 3.05) is 13.2 Å². The highest BCUT2D eigenvalue weighted by atomic mass is 16.6. The fourth-order valence-corrected chi connectivity index (χ4v) is 7.79. The summed E-state index contributed by atoms with van der Waals surface area (Å²) in [4.78, 5) is 38.0. The van der Waals surface area contributed by atoms with E-state index in [0.29, 0.717) is 19.3 Å². The van der Waals surface area contributed by atoms with Gasteiger partial charge in [0, 0.05) is 19.3 Å². The SMILES string of the molecule is CCCCCC/C=C/CCCCCCCCCC(=O)OC(COC(=O)CC/C=C/C/C=C/CCCCCCCC)COC(=O)CCCCCCCCCCCCCCCCCC. The van der Waals surface area contributed by atoms with E-state index in [-0.39, 0.29) is 37.5 Å². The molecule has 6 heteroatoms. The fraction of sp³-hybridized carbons (Fsp3) is 0.839. The van der Waals surface area contributed by atoms with E-state index in [0.717, 1.165) is 51.4 Å². The van der Waals surface area contributed by atoms with Crippen LogP contribution in [0.1, 0.15) is 284 Å². The van der Waals surface area contributed by atoms with Gasteiger partial charge in [-0.05, 0) is 64.2 Å². The summed E-state index contributed by atoms with van der Waals surface area (Å²) in [5.74, 6) is -0.951. The van der Waals surface area contributed by atoms with E-state index in [1.807, 2.05) is 6.08 Å². The molecule has 0 saturated carbocycles. The van der Waals surface area contributed by atoms with Crippen LogP contribution >= 0.6 is 0 Å². The van der Waals surface area contributed by atoms with Crippen molar-refractivity contribution in [2.45, 2.75) is 290 Å². The quantitative estimate of drug-likeness (QED) is 0.0262. The molecule has 0 aromatic carbocycles. The highest BCUT2D eigenvalue weighted by molar-refractivity contribution is 5.71. The molecule has 0 aliphatic heterocycles. The lowest BCUT2D eigenvalue weighted by Crippen LogP contribution is -2.30. The Morgan fingerprint density at radius 2 is 0.613 bits per heavy atom. The molecule has 0 fully saturated rings. The lowest BCUT2D eigenvalue weighted by atomic mass is 10.0. The number of carbonyl (C=O) groups excluding carboxylic acids is 3. The first-order valence-corrected chi connectivity index (χ1v) is 27.0. The van der Waals surface area contributed by atoms with Crippen LogP contribution in [0, 0.1) is 0 Å². The van der Waals surface area contributed by atoms with Crippen LogP contribution in [0.2, 0.25) is 0 Å². The van der Waals surface area contributed by atoms with Gasteiger partial charge in [0.15, 0.2) is 6.10 Å². The van der Waals surface area contributed by atoms with Gasteiger partial charge in [-0.1, -0.05) is 237 Å². The monoisotopic (exact) mass is 871 g/mol. The lowest BCUT2D eigenvalue weighted by molar-refractivity contribution is -0.166. The molecule has 362 valence electrons. The zero-order chi connectivity index (χ0) is 45.1. The predicted molar refractivity (Wildman–Crippen MR) is 266 cm³/mol. The second-order valence-corrected chi connectivity index (χ2v) is 18.1. The van der Waals surface area contributed by atoms with E-state index in [1.54, 1.807) is 0 Å². The van der Waals surface area contributed by atoms with Crippen LogP contribution in [0.4, 0.5) is 0 Å². The second-order valence-electron chi connectivity index (χ2n) is 18.1. The summed E-state index contributed by atoms with van der Waals surface area (Å²) in [5.41, 5.74) is 0. The van der Waals surface area contributed by atoms with Gasteiger partial charge < -0.3 is 14.2 Å². The number of allylic oxidation sites excluding steroid dienone is 6. The maximum absolute atomic E-state index is 12.8. The second kappa shape index (κ2) is 51.3. The molecule has 0 N–H and O–H groups in total. The highest BCUT2D eigenvalue weighted by Gasteiger charge is 2.19. The first-order chi connectivity index (χ1) is 30.5. The molecule has 0 radical (unpaired) electrons. The minimum atomic E-state index is -0.793. The molecular weight excluding hydrogens is 769 g/mol. The van der Waals surface area contributed by atoms with E-state index >= 15 is 0 Å². The summed E-state index contributed by atoms with van der Waals surface area (Å²) in [7, 11) is 0. The Morgan fingerprint density at radius 1 is 0.323 bits per heavy atom. The Labute approximate surface area is 385 Å². The average Bonchev–Trinajstić information content (AvgIpc) is 3.27. The third-order valence-electron chi connectivity index (χ3n) is 11.9. The van der Waals surface area contributed by atoms with Crippen molar-refractivity contribution in [3.63, 3.8) is 0 Å². The van der Waals surface area contributed by atoms with Gasteiger partial charge in [0.1, 0.15) is 13.2 Å². The van der Waals surface area contributed by atoms with Crippen molar-refractivity contribution in [3.05, 3.63) is 36.5 Å². The maximum atomic E-state index is 12.8. The molecule has 0 aliphatic rings. The molecule has 1 unspecified atom stereocenters. The molecule has 0 rings (SSSR count). The van der Waals surface area contributed by atoms with E-state index in [4.69, 9.17) is 14.2 Å². The van der Waals surface area contributed by atoms with Gasteiger partial charge in [-0.2, -0.15) is 0 Å². The molecule has 0 bridgehead atoms. The van der Waals surface area contributed by atoms with Crippen molar-refractivity contribution in [1.82, 2.24) is 0 Å². The van der Waals surface area contributed by atoms with Crippen LogP contribution in [-0.4, -0.2) is 37.2 Å². The Bertz CT molecular complexity index is 1050. The summed E-state index contributed by atoms with van der Waals surface area (Å²) in [6.45, 7) is 6.59. The maximum Gasteiger partial charge on any atom is 0.306 e. The first-order valence-electron chi connectivity index (χ1n) is 27.0. The summed E-state index contributed by atoms with van der Waals surface area (Å²) in [5, 5.41) is 0. The Hall–Kier alpha value is -2.37. The lowest BCUT2D eigenvalue weighted by Gasteiger charge is -2.18. The van der Waals surface area contributed by atoms with Gasteiger partial charge in [0.25, 0.3) is 0 Å². The predicted octanol–water partition coefficient (Wildman–Crippen LogP) is 17.7. The summed E-state index contributed by atoms with van der Waals surface area (Å²) < 4.78 is 16.8. The third-order valence-corrected chi connectivity index (χ3v) is 11.9. The standard InChI is InChI=1S/C56H102O6/c1-4-7-10-13-16-19-22-25-27-29-31-34-37-40-43-46-49-55(58)61-52-53(51-60-54(57)48-45-42-39-36-33-30-24-21-18-15-12-9-6-3)62-56(59)50-47-44-41-38-35-32-28-26-23-20-17-14-11-8-5-2/h20,23,30,33,39,42,53H,4-19,21-22,24-29,31-32,34-38,40-41,43-52H2,1-3H3/b23-20+,33-30+,42-39+. The van der Waals surface area contributed by atoms with Gasteiger partial charge in [0.05, 0.1) is 0 Å². The Balaban J connectivity index is 4.40. The largest absolute Gasteiger partial charge is 0.462 e. The van der Waals surface area contributed by atoms with Crippen LogP contribution in [-0.2, 0) is 28.6 Å². The number of rotatable bonds is 49. The molecule has 0 saturated heterocycles. The minimum absolute atomic E-state index is 0.0876. The van der Waals surface area contributed by atoms with Crippen molar-refractivity contribution in [3.8, 4) is 0 Å². The molecule has 1 atom stereocenters. The fourth-order valence-electron chi connectivity index (χ4n) is 7.79. The van der Waals surface area contributed by atoms with Crippen LogP contribution < -0.4 is 0 Å². The van der Waals surface area contributed by atoms with Crippen molar-refractivity contribution in [2.24, 2.45) is 0 Å². The summed E-state index contributed by atoms with van der Waals surface area (Å²) in [6.07, 6.45) is 60.0. The summed E-state index contributed by atoms with van der Waals surface area (Å²) >= 11 is 0. The van der Waals surface area contributed by atoms with Crippen LogP contribution in [0.3, 0.4) is 0 Å². The van der Waals surface area contributed by atoms with Gasteiger partial charge in [-0.3, -0.25) is 14.4 Å². The molecule has 0 spiro atoms. The zero-order valence-electron chi connectivity index (χ0n) is 41.4. The Kier molecular flexibility index (Phi) is 49.3. The molecular formula is C56H102O6. The highest BCUT2D eigenvalue weighted by Crippen LogP contribution is 2.16. The van der Waals surface area contributed by atoms with Gasteiger partial charge in [-0.25, -0.2) is 0 Å². The van der Waals surface area contributed by atoms with Crippen molar-refractivity contribution in [1.29, 1.82) is 0 Å². The molecule has 0 aromatic rings. The van der Waals surface area contributed by atoms with Gasteiger partial charge in [0.2, 0.25) is 0 Å². The van der Waals surface area contributed by atoms with Crippen molar-refractivity contribution >= 4 is 17.9 Å². The topological polar surface area (TPSA) is 78.9 Å². The molecule has 0 aromatic heterocycles. The van der Waals surface area contributed by atoms with Crippen LogP contribution in [0.15, 0.2) is 36.5 Å². The van der Waals surface area contributed by atoms with E-state index in [2.05, 4.69) is 51.2 Å². The molecule has 6 nitrogen and oxygen atoms in total. The number of ether oxygens (including phenoxy) is 3. The van der Waals surface area contributed by atoms with Gasteiger partial charge >= 0.3 is 17.9 Å². The Morgan fingerprint density at radius 3 is 1.02 bits per heavy atom. The molecule has 62 heavy (non-hydrogen) atoms.